The largest absolute Gasteiger partial charge is 0.470 e. The molecule has 0 saturated heterocycles. The van der Waals surface area contributed by atoms with Gasteiger partial charge in [-0.1, -0.05) is 103 Å². The summed E-state index contributed by atoms with van der Waals surface area (Å²) >= 11 is 0. The molecule has 0 bridgehead atoms. The highest BCUT2D eigenvalue weighted by atomic mass is 16.5. The van der Waals surface area contributed by atoms with E-state index in [1.807, 2.05) is 42.5 Å². The van der Waals surface area contributed by atoms with E-state index in [-0.39, 0.29) is 0 Å². The van der Waals surface area contributed by atoms with Gasteiger partial charge in [0.1, 0.15) is 11.4 Å². The lowest BCUT2D eigenvalue weighted by atomic mass is 9.98. The molecule has 0 saturated carbocycles. The quantitative estimate of drug-likeness (QED) is 0.169. The Balaban J connectivity index is 1.34. The van der Waals surface area contributed by atoms with Crippen molar-refractivity contribution in [3.05, 3.63) is 133 Å². The van der Waals surface area contributed by atoms with E-state index < -0.39 is 0 Å². The van der Waals surface area contributed by atoms with Crippen molar-refractivity contribution >= 4 is 45.3 Å². The SMILES string of the molecule is C=Nc1c(OCN(c2ccccc2)c2ccc(-c3cccc4ccccc34)cc2)ccc2ccccc12. The first-order valence-electron chi connectivity index (χ1n) is 12.3. The maximum absolute atomic E-state index is 6.37. The van der Waals surface area contributed by atoms with Gasteiger partial charge in [0.2, 0.25) is 0 Å². The minimum atomic E-state index is 0.332. The third-order valence-corrected chi connectivity index (χ3v) is 6.72. The number of anilines is 2. The van der Waals surface area contributed by atoms with Crippen molar-refractivity contribution in [1.82, 2.24) is 0 Å². The van der Waals surface area contributed by atoms with E-state index in [9.17, 15) is 0 Å². The van der Waals surface area contributed by atoms with Crippen LogP contribution in [-0.2, 0) is 0 Å². The van der Waals surface area contributed by atoms with Gasteiger partial charge in [0.25, 0.3) is 0 Å². The van der Waals surface area contributed by atoms with Gasteiger partial charge in [0.15, 0.2) is 6.73 Å². The van der Waals surface area contributed by atoms with E-state index in [1.54, 1.807) is 0 Å². The van der Waals surface area contributed by atoms with Gasteiger partial charge in [-0.2, -0.15) is 0 Å². The topological polar surface area (TPSA) is 24.8 Å². The van der Waals surface area contributed by atoms with Gasteiger partial charge in [-0.15, -0.1) is 0 Å². The molecule has 0 radical (unpaired) electrons. The van der Waals surface area contributed by atoms with Crippen LogP contribution in [0.25, 0.3) is 32.7 Å². The number of ether oxygens (including phenoxy) is 1. The number of nitrogens with zero attached hydrogens (tertiary/aromatic N) is 2. The first kappa shape index (κ1) is 22.6. The summed E-state index contributed by atoms with van der Waals surface area (Å²) < 4.78 is 6.37. The first-order valence-corrected chi connectivity index (χ1v) is 12.3. The maximum atomic E-state index is 6.37. The van der Waals surface area contributed by atoms with Crippen molar-refractivity contribution in [2.24, 2.45) is 4.99 Å². The van der Waals surface area contributed by atoms with Crippen molar-refractivity contribution in [2.45, 2.75) is 0 Å². The van der Waals surface area contributed by atoms with Crippen molar-refractivity contribution in [3.63, 3.8) is 0 Å². The van der Waals surface area contributed by atoms with Crippen LogP contribution in [0.5, 0.6) is 5.75 Å². The van der Waals surface area contributed by atoms with E-state index in [0.29, 0.717) is 12.5 Å². The first-order chi connectivity index (χ1) is 18.3. The average Bonchev–Trinajstić information content (AvgIpc) is 2.97. The fourth-order valence-electron chi connectivity index (χ4n) is 4.85. The summed E-state index contributed by atoms with van der Waals surface area (Å²) in [4.78, 5) is 6.46. The predicted molar refractivity (Wildman–Crippen MR) is 157 cm³/mol. The molecule has 178 valence electrons. The lowest BCUT2D eigenvalue weighted by molar-refractivity contribution is 0.328. The highest BCUT2D eigenvalue weighted by molar-refractivity contribution is 5.97. The summed E-state index contributed by atoms with van der Waals surface area (Å²) in [5.41, 5.74) is 5.27. The summed E-state index contributed by atoms with van der Waals surface area (Å²) in [6, 6.07) is 46.1. The fraction of sp³-hybridized carbons (Fsp3) is 0.0294. The molecule has 0 fully saturated rings. The Morgan fingerprint density at radius 1 is 0.568 bits per heavy atom. The molecule has 6 aromatic carbocycles. The molecule has 37 heavy (non-hydrogen) atoms. The normalized spacial score (nSPS) is 10.9. The number of fused-ring (bicyclic) bond motifs is 2. The molecule has 0 aliphatic carbocycles. The zero-order valence-electron chi connectivity index (χ0n) is 20.4. The van der Waals surface area contributed by atoms with Crippen molar-refractivity contribution < 1.29 is 4.74 Å². The van der Waals surface area contributed by atoms with Crippen LogP contribution in [0, 0.1) is 0 Å². The van der Waals surface area contributed by atoms with Crippen molar-refractivity contribution in [3.8, 4) is 16.9 Å². The molecule has 0 N–H and O–H groups in total. The third-order valence-electron chi connectivity index (χ3n) is 6.72. The van der Waals surface area contributed by atoms with Gasteiger partial charge < -0.3 is 9.64 Å². The molecule has 0 spiro atoms. The van der Waals surface area contributed by atoms with Crippen LogP contribution < -0.4 is 9.64 Å². The molecule has 0 unspecified atom stereocenters. The number of benzene rings is 6. The minimum Gasteiger partial charge on any atom is -0.470 e. The van der Waals surface area contributed by atoms with Gasteiger partial charge in [-0.25, -0.2) is 0 Å². The van der Waals surface area contributed by atoms with Gasteiger partial charge in [-0.3, -0.25) is 4.99 Å². The number of hydrogen-bond acceptors (Lipinski definition) is 3. The molecule has 0 aliphatic rings. The summed E-state index contributed by atoms with van der Waals surface area (Å²) in [7, 11) is 0. The molecule has 0 heterocycles. The zero-order valence-corrected chi connectivity index (χ0v) is 20.4. The second-order valence-electron chi connectivity index (χ2n) is 8.90. The van der Waals surface area contributed by atoms with Crippen LogP contribution in [0.15, 0.2) is 138 Å². The average molecular weight is 479 g/mol. The molecule has 0 amide bonds. The molecule has 3 nitrogen and oxygen atoms in total. The molecule has 3 heteroatoms. The van der Waals surface area contributed by atoms with E-state index in [4.69, 9.17) is 4.74 Å². The summed E-state index contributed by atoms with van der Waals surface area (Å²) in [5, 5.41) is 4.63. The second kappa shape index (κ2) is 10.00. The van der Waals surface area contributed by atoms with E-state index in [0.717, 1.165) is 27.8 Å². The number of para-hydroxylation sites is 1. The van der Waals surface area contributed by atoms with Gasteiger partial charge in [0.05, 0.1) is 0 Å². The highest BCUT2D eigenvalue weighted by Gasteiger charge is 2.14. The Labute approximate surface area is 216 Å². The number of aliphatic imine (C=N–C) groups is 1. The Morgan fingerprint density at radius 2 is 1.19 bits per heavy atom. The van der Waals surface area contributed by atoms with Crippen molar-refractivity contribution in [1.29, 1.82) is 0 Å². The lowest BCUT2D eigenvalue weighted by Crippen LogP contribution is -2.22. The Morgan fingerprint density at radius 3 is 1.95 bits per heavy atom. The Hall–Kier alpha value is -4.89. The monoisotopic (exact) mass is 478 g/mol. The van der Waals surface area contributed by atoms with Crippen LogP contribution >= 0.6 is 0 Å². The predicted octanol–water partition coefficient (Wildman–Crippen LogP) is 9.17. The van der Waals surface area contributed by atoms with Crippen LogP contribution in [0.3, 0.4) is 0 Å². The number of hydrogen-bond donors (Lipinski definition) is 0. The van der Waals surface area contributed by atoms with Crippen LogP contribution in [-0.4, -0.2) is 13.4 Å². The van der Waals surface area contributed by atoms with Gasteiger partial charge in [-0.05, 0) is 64.3 Å². The standard InChI is InChI=1S/C34H26N2O/c1-35-34-32-16-8-6-11-26(32)20-23-33(34)37-24-36(28-13-3-2-4-14-28)29-21-18-27(19-22-29)31-17-9-12-25-10-5-7-15-30(25)31/h2-23H,1,24H2. The number of rotatable bonds is 7. The molecule has 6 aromatic rings. The summed E-state index contributed by atoms with van der Waals surface area (Å²) in [6.45, 7) is 4.13. The third kappa shape index (κ3) is 4.43. The van der Waals surface area contributed by atoms with Crippen LogP contribution in [0.2, 0.25) is 0 Å². The van der Waals surface area contributed by atoms with E-state index in [1.165, 1.54) is 21.9 Å². The minimum absolute atomic E-state index is 0.332. The van der Waals surface area contributed by atoms with E-state index >= 15 is 0 Å². The molecule has 0 aliphatic heterocycles. The maximum Gasteiger partial charge on any atom is 0.165 e. The van der Waals surface area contributed by atoms with Crippen LogP contribution in [0.4, 0.5) is 17.1 Å². The van der Waals surface area contributed by atoms with Gasteiger partial charge in [0, 0.05) is 16.8 Å². The molecule has 6 rings (SSSR count). The molecular formula is C34H26N2O. The molecule has 0 atom stereocenters. The fourth-order valence-corrected chi connectivity index (χ4v) is 4.85. The van der Waals surface area contributed by atoms with Gasteiger partial charge >= 0.3 is 0 Å². The summed E-state index contributed by atoms with van der Waals surface area (Å²) in [6.07, 6.45) is 0. The van der Waals surface area contributed by atoms with E-state index in [2.05, 4.69) is 108 Å². The van der Waals surface area contributed by atoms with Crippen molar-refractivity contribution in [2.75, 3.05) is 11.6 Å². The van der Waals surface area contributed by atoms with Crippen LogP contribution in [0.1, 0.15) is 0 Å². The Bertz CT molecular complexity index is 1690. The second-order valence-corrected chi connectivity index (χ2v) is 8.90. The molecule has 0 aromatic heterocycles. The summed E-state index contributed by atoms with van der Waals surface area (Å²) in [5.74, 6) is 0.710. The highest BCUT2D eigenvalue weighted by Crippen LogP contribution is 2.37. The smallest absolute Gasteiger partial charge is 0.165 e. The Kier molecular flexibility index (Phi) is 6.10. The lowest BCUT2D eigenvalue weighted by Gasteiger charge is -2.26. The molecular weight excluding hydrogens is 452 g/mol. The zero-order chi connectivity index (χ0) is 25.0.